The van der Waals surface area contributed by atoms with Gasteiger partial charge in [0.25, 0.3) is 5.91 Å². The van der Waals surface area contributed by atoms with Crippen LogP contribution in [0.2, 0.25) is 15.1 Å². The van der Waals surface area contributed by atoms with Gasteiger partial charge in [0.2, 0.25) is 11.8 Å². The molecule has 0 radical (unpaired) electrons. The van der Waals surface area contributed by atoms with E-state index in [1.165, 1.54) is 24.3 Å². The summed E-state index contributed by atoms with van der Waals surface area (Å²) in [5, 5.41) is 7.86. The third-order valence-electron chi connectivity index (χ3n) is 5.66. The first-order valence-corrected chi connectivity index (χ1v) is 12.7. The second kappa shape index (κ2) is 10.9. The number of anilines is 3. The van der Waals surface area contributed by atoms with Crippen molar-refractivity contribution in [2.75, 3.05) is 16.0 Å². The number of carbonyl (C=O) groups is 3. The SMILES string of the molecule is CC(=O)Nc1cc(F)cc(F)c1NC(=O)c1cc(NC(=O)C2C(c3cc(Cl)cc(Cl)c3)C2(Cl)Cl)ccc1Cl. The van der Waals surface area contributed by atoms with Crippen LogP contribution in [0.25, 0.3) is 0 Å². The summed E-state index contributed by atoms with van der Waals surface area (Å²) >= 11 is 31.1. The van der Waals surface area contributed by atoms with Crippen LogP contribution in [-0.4, -0.2) is 22.1 Å². The van der Waals surface area contributed by atoms with Crippen molar-refractivity contribution in [1.82, 2.24) is 0 Å². The molecule has 1 saturated carbocycles. The van der Waals surface area contributed by atoms with Gasteiger partial charge in [-0.2, -0.15) is 0 Å². The van der Waals surface area contributed by atoms with E-state index in [-0.39, 0.29) is 22.0 Å². The Morgan fingerprint density at radius 1 is 0.868 bits per heavy atom. The summed E-state index contributed by atoms with van der Waals surface area (Å²) < 4.78 is 26.7. The number of halogens is 7. The van der Waals surface area contributed by atoms with Crippen LogP contribution in [0, 0.1) is 17.6 Å². The molecule has 0 aliphatic heterocycles. The molecule has 0 bridgehead atoms. The van der Waals surface area contributed by atoms with E-state index in [9.17, 15) is 23.2 Å². The van der Waals surface area contributed by atoms with Crippen molar-refractivity contribution in [3.05, 3.63) is 86.4 Å². The van der Waals surface area contributed by atoms with Crippen LogP contribution in [0.4, 0.5) is 25.8 Å². The molecule has 2 atom stereocenters. The van der Waals surface area contributed by atoms with Crippen LogP contribution in [0.5, 0.6) is 0 Å². The topological polar surface area (TPSA) is 87.3 Å². The Balaban J connectivity index is 1.55. The summed E-state index contributed by atoms with van der Waals surface area (Å²) in [6.07, 6.45) is 0. The molecular formula is C25H16Cl5F2N3O3. The van der Waals surface area contributed by atoms with Gasteiger partial charge in [-0.15, -0.1) is 23.2 Å². The predicted molar refractivity (Wildman–Crippen MR) is 146 cm³/mol. The van der Waals surface area contributed by atoms with Gasteiger partial charge in [0.1, 0.15) is 15.8 Å². The standard InChI is InChI=1S/C25H16Cl5F2N3O3/c1-10(36)33-19-8-14(31)7-18(32)22(19)35-23(37)16-9-15(2-3-17(16)28)34-24(38)21-20(25(21,29)30)11-4-12(26)6-13(27)5-11/h2-9,20-21H,1H3,(H,33,36)(H,34,38)(H,35,37). The number of hydrogen-bond acceptors (Lipinski definition) is 3. The van der Waals surface area contributed by atoms with Gasteiger partial charge in [0.15, 0.2) is 5.82 Å². The highest BCUT2D eigenvalue weighted by Crippen LogP contribution is 2.65. The van der Waals surface area contributed by atoms with Crippen molar-refractivity contribution in [2.24, 2.45) is 5.92 Å². The fourth-order valence-electron chi connectivity index (χ4n) is 3.99. The average molecular weight is 622 g/mol. The number of benzene rings is 3. The molecule has 1 aliphatic carbocycles. The number of hydrogen-bond donors (Lipinski definition) is 3. The maximum Gasteiger partial charge on any atom is 0.257 e. The van der Waals surface area contributed by atoms with Gasteiger partial charge in [-0.3, -0.25) is 14.4 Å². The van der Waals surface area contributed by atoms with Crippen molar-refractivity contribution in [1.29, 1.82) is 0 Å². The highest BCUT2D eigenvalue weighted by Gasteiger charge is 2.67. The second-order valence-electron chi connectivity index (χ2n) is 8.46. The van der Waals surface area contributed by atoms with E-state index in [0.29, 0.717) is 21.7 Å². The van der Waals surface area contributed by atoms with E-state index >= 15 is 0 Å². The van der Waals surface area contributed by atoms with E-state index in [1.54, 1.807) is 12.1 Å². The molecule has 1 aliphatic rings. The van der Waals surface area contributed by atoms with Crippen molar-refractivity contribution in [3.63, 3.8) is 0 Å². The van der Waals surface area contributed by atoms with E-state index in [4.69, 9.17) is 58.0 Å². The van der Waals surface area contributed by atoms with Gasteiger partial charge in [-0.05, 0) is 48.0 Å². The summed E-state index contributed by atoms with van der Waals surface area (Å²) in [7, 11) is 0. The fourth-order valence-corrected chi connectivity index (χ4v) is 5.56. The normalized spacial score (nSPS) is 17.5. The quantitative estimate of drug-likeness (QED) is 0.247. The number of carbonyl (C=O) groups excluding carboxylic acids is 3. The molecule has 6 nitrogen and oxygen atoms in total. The lowest BCUT2D eigenvalue weighted by Crippen LogP contribution is -2.19. The molecule has 0 heterocycles. The molecule has 3 aromatic rings. The van der Waals surface area contributed by atoms with Crippen molar-refractivity contribution in [2.45, 2.75) is 17.2 Å². The lowest BCUT2D eigenvalue weighted by atomic mass is 10.1. The minimum Gasteiger partial charge on any atom is -0.326 e. The fraction of sp³-hybridized carbons (Fsp3) is 0.160. The Labute approximate surface area is 240 Å². The number of nitrogens with one attached hydrogen (secondary N) is 3. The molecule has 13 heteroatoms. The molecule has 0 spiro atoms. The molecule has 3 amide bonds. The molecule has 0 saturated heterocycles. The van der Waals surface area contributed by atoms with Gasteiger partial charge in [-0.25, -0.2) is 8.78 Å². The highest BCUT2D eigenvalue weighted by atomic mass is 35.5. The van der Waals surface area contributed by atoms with Crippen LogP contribution in [0.1, 0.15) is 28.8 Å². The molecule has 4 rings (SSSR count). The Morgan fingerprint density at radius 3 is 2.16 bits per heavy atom. The zero-order valence-corrected chi connectivity index (χ0v) is 22.9. The summed E-state index contributed by atoms with van der Waals surface area (Å²) in [5.41, 5.74) is -0.137. The highest BCUT2D eigenvalue weighted by molar-refractivity contribution is 6.53. The summed E-state index contributed by atoms with van der Waals surface area (Å²) in [4.78, 5) is 37.4. The van der Waals surface area contributed by atoms with Crippen LogP contribution in [0.15, 0.2) is 48.5 Å². The maximum absolute atomic E-state index is 14.4. The maximum atomic E-state index is 14.4. The number of alkyl halides is 2. The second-order valence-corrected chi connectivity index (χ2v) is 11.2. The van der Waals surface area contributed by atoms with E-state index in [2.05, 4.69) is 16.0 Å². The van der Waals surface area contributed by atoms with Crippen LogP contribution >= 0.6 is 58.0 Å². The molecule has 198 valence electrons. The first-order chi connectivity index (χ1) is 17.8. The molecule has 38 heavy (non-hydrogen) atoms. The monoisotopic (exact) mass is 619 g/mol. The van der Waals surface area contributed by atoms with Gasteiger partial charge in [0.05, 0.1) is 22.2 Å². The molecular weight excluding hydrogens is 606 g/mol. The zero-order chi connectivity index (χ0) is 27.9. The van der Waals surface area contributed by atoms with Crippen molar-refractivity contribution < 1.29 is 23.2 Å². The van der Waals surface area contributed by atoms with Crippen molar-refractivity contribution >= 4 is 92.8 Å². The van der Waals surface area contributed by atoms with Crippen LogP contribution < -0.4 is 16.0 Å². The third-order valence-corrected chi connectivity index (χ3v) is 7.37. The van der Waals surface area contributed by atoms with E-state index in [1.807, 2.05) is 0 Å². The molecule has 2 unspecified atom stereocenters. The summed E-state index contributed by atoms with van der Waals surface area (Å²) in [6.45, 7) is 1.14. The summed E-state index contributed by atoms with van der Waals surface area (Å²) in [5.74, 6) is -5.56. The lowest BCUT2D eigenvalue weighted by Gasteiger charge is -2.14. The van der Waals surface area contributed by atoms with Crippen molar-refractivity contribution in [3.8, 4) is 0 Å². The third kappa shape index (κ3) is 6.00. The van der Waals surface area contributed by atoms with Gasteiger partial charge < -0.3 is 16.0 Å². The first kappa shape index (κ1) is 28.4. The Morgan fingerprint density at radius 2 is 1.53 bits per heavy atom. The minimum absolute atomic E-state index is 0.0222. The number of amides is 3. The predicted octanol–water partition coefficient (Wildman–Crippen LogP) is 7.66. The number of rotatable bonds is 6. The molecule has 1 fully saturated rings. The van der Waals surface area contributed by atoms with E-state index < -0.39 is 51.2 Å². The first-order valence-electron chi connectivity index (χ1n) is 10.8. The Kier molecular flexibility index (Phi) is 8.12. The van der Waals surface area contributed by atoms with Crippen LogP contribution in [0.3, 0.4) is 0 Å². The minimum atomic E-state index is -1.43. The largest absolute Gasteiger partial charge is 0.326 e. The smallest absolute Gasteiger partial charge is 0.257 e. The average Bonchev–Trinajstić information content (AvgIpc) is 3.38. The van der Waals surface area contributed by atoms with Crippen LogP contribution in [-0.2, 0) is 9.59 Å². The molecule has 3 aromatic carbocycles. The van der Waals surface area contributed by atoms with Gasteiger partial charge >= 0.3 is 0 Å². The van der Waals surface area contributed by atoms with Gasteiger partial charge in [-0.1, -0.05) is 34.8 Å². The summed E-state index contributed by atoms with van der Waals surface area (Å²) in [6, 6.07) is 10.2. The van der Waals surface area contributed by atoms with E-state index in [0.717, 1.165) is 13.0 Å². The Hall–Kier alpha value is -2.62. The lowest BCUT2D eigenvalue weighted by molar-refractivity contribution is -0.117. The molecule has 0 aromatic heterocycles. The molecule has 3 N–H and O–H groups in total. The van der Waals surface area contributed by atoms with Gasteiger partial charge in [0, 0.05) is 34.6 Å². The Bertz CT molecular complexity index is 1460. The zero-order valence-electron chi connectivity index (χ0n) is 19.1.